The van der Waals surface area contributed by atoms with Crippen LogP contribution in [0.4, 0.5) is 5.69 Å². The average Bonchev–Trinajstić information content (AvgIpc) is 2.85. The van der Waals surface area contributed by atoms with Crippen LogP contribution >= 0.6 is 12.4 Å². The van der Waals surface area contributed by atoms with Crippen molar-refractivity contribution in [3.05, 3.63) is 33.4 Å². The van der Waals surface area contributed by atoms with Gasteiger partial charge < -0.3 is 5.32 Å². The third-order valence-electron chi connectivity index (χ3n) is 4.49. The lowest BCUT2D eigenvalue weighted by atomic mass is 10.1. The van der Waals surface area contributed by atoms with E-state index in [1.54, 1.807) is 13.8 Å². The monoisotopic (exact) mass is 347 g/mol. The van der Waals surface area contributed by atoms with Crippen molar-refractivity contribution in [1.29, 1.82) is 0 Å². The maximum atomic E-state index is 12.5. The molecule has 0 aromatic heterocycles. The first-order valence-corrected chi connectivity index (χ1v) is 8.28. The molecular weight excluding hydrogens is 330 g/mol. The standard InChI is InChI=1S/C13H17N3O4S.ClH/c1-7-3-9(16(17)18)4-12(8(7)2)21(19,20)15-13-10-5-14-6-11(10)13;/h3-4,10-11,13-15H,5-6H2,1-2H3;1H. The van der Waals surface area contributed by atoms with Gasteiger partial charge in [-0.2, -0.15) is 0 Å². The SMILES string of the molecule is Cc1cc([N+](=O)[O-])cc(S(=O)(=O)NC2C3CNCC32)c1C.Cl. The fourth-order valence-electron chi connectivity index (χ4n) is 3.03. The van der Waals surface area contributed by atoms with E-state index in [0.29, 0.717) is 23.0 Å². The van der Waals surface area contributed by atoms with Gasteiger partial charge in [0.05, 0.1) is 9.82 Å². The smallest absolute Gasteiger partial charge is 0.271 e. The summed E-state index contributed by atoms with van der Waals surface area (Å²) < 4.78 is 27.7. The molecule has 122 valence electrons. The number of non-ortho nitro benzene ring substituents is 1. The Bertz CT molecular complexity index is 712. The molecule has 2 aliphatic rings. The number of rotatable bonds is 4. The summed E-state index contributed by atoms with van der Waals surface area (Å²) in [5.74, 6) is 0.694. The molecule has 1 saturated carbocycles. The van der Waals surface area contributed by atoms with Crippen molar-refractivity contribution < 1.29 is 13.3 Å². The minimum atomic E-state index is -3.73. The number of fused-ring (bicyclic) bond motifs is 1. The van der Waals surface area contributed by atoms with E-state index in [2.05, 4.69) is 10.0 Å². The molecule has 1 aliphatic carbocycles. The number of piperidine rings is 1. The van der Waals surface area contributed by atoms with Crippen LogP contribution in [0.3, 0.4) is 0 Å². The minimum absolute atomic E-state index is 0. The number of nitrogens with zero attached hydrogens (tertiary/aromatic N) is 1. The molecule has 0 amide bonds. The topological polar surface area (TPSA) is 101 Å². The van der Waals surface area contributed by atoms with Crippen LogP contribution < -0.4 is 10.0 Å². The number of hydrogen-bond acceptors (Lipinski definition) is 5. The highest BCUT2D eigenvalue weighted by atomic mass is 35.5. The molecule has 2 unspecified atom stereocenters. The van der Waals surface area contributed by atoms with Crippen LogP contribution in [0.2, 0.25) is 0 Å². The summed E-state index contributed by atoms with van der Waals surface area (Å²) in [7, 11) is -3.73. The first kappa shape index (κ1) is 17.1. The highest BCUT2D eigenvalue weighted by molar-refractivity contribution is 7.89. The molecule has 0 radical (unpaired) electrons. The Hall–Kier alpha value is -1.22. The van der Waals surface area contributed by atoms with Crippen LogP contribution in [0.1, 0.15) is 11.1 Å². The Morgan fingerprint density at radius 1 is 1.27 bits per heavy atom. The van der Waals surface area contributed by atoms with Crippen LogP contribution in [0.15, 0.2) is 17.0 Å². The van der Waals surface area contributed by atoms with Crippen LogP contribution in [0.25, 0.3) is 0 Å². The van der Waals surface area contributed by atoms with Gasteiger partial charge in [0, 0.05) is 18.2 Å². The largest absolute Gasteiger partial charge is 0.316 e. The van der Waals surface area contributed by atoms with Gasteiger partial charge in [-0.15, -0.1) is 12.4 Å². The normalized spacial score (nSPS) is 26.2. The number of nitro groups is 1. The van der Waals surface area contributed by atoms with Gasteiger partial charge in [-0.25, -0.2) is 13.1 Å². The summed E-state index contributed by atoms with van der Waals surface area (Å²) in [6.07, 6.45) is 0. The molecule has 22 heavy (non-hydrogen) atoms. The number of benzene rings is 1. The van der Waals surface area contributed by atoms with Crippen LogP contribution in [0, 0.1) is 35.8 Å². The third kappa shape index (κ3) is 2.83. The first-order valence-electron chi connectivity index (χ1n) is 6.80. The predicted molar refractivity (Wildman–Crippen MR) is 83.8 cm³/mol. The Morgan fingerprint density at radius 2 is 1.86 bits per heavy atom. The van der Waals surface area contributed by atoms with Gasteiger partial charge in [-0.3, -0.25) is 10.1 Å². The fraction of sp³-hybridized carbons (Fsp3) is 0.538. The minimum Gasteiger partial charge on any atom is -0.316 e. The zero-order valence-electron chi connectivity index (χ0n) is 12.2. The Kier molecular flexibility index (Phi) is 4.49. The first-order chi connectivity index (χ1) is 9.81. The van der Waals surface area contributed by atoms with Gasteiger partial charge in [-0.1, -0.05) is 0 Å². The second-order valence-corrected chi connectivity index (χ2v) is 7.46. The summed E-state index contributed by atoms with van der Waals surface area (Å²) in [6, 6.07) is 2.49. The van der Waals surface area contributed by atoms with E-state index in [-0.39, 0.29) is 29.0 Å². The summed E-state index contributed by atoms with van der Waals surface area (Å²) in [6.45, 7) is 5.00. The zero-order chi connectivity index (χ0) is 15.4. The molecule has 0 bridgehead atoms. The number of nitrogens with one attached hydrogen (secondary N) is 2. The molecule has 1 heterocycles. The van der Waals surface area contributed by atoms with Crippen molar-refractivity contribution in [2.75, 3.05) is 13.1 Å². The van der Waals surface area contributed by atoms with Crippen molar-refractivity contribution in [2.45, 2.75) is 24.8 Å². The molecule has 1 saturated heterocycles. The summed E-state index contributed by atoms with van der Waals surface area (Å²) in [5, 5.41) is 14.1. The molecule has 7 nitrogen and oxygen atoms in total. The fourth-order valence-corrected chi connectivity index (χ4v) is 4.70. The van der Waals surface area contributed by atoms with Gasteiger partial charge in [0.1, 0.15) is 0 Å². The van der Waals surface area contributed by atoms with Crippen molar-refractivity contribution in [3.8, 4) is 0 Å². The van der Waals surface area contributed by atoms with E-state index in [0.717, 1.165) is 19.2 Å². The summed E-state index contributed by atoms with van der Waals surface area (Å²) in [4.78, 5) is 10.4. The number of hydrogen-bond donors (Lipinski definition) is 2. The Balaban J connectivity index is 0.00000176. The molecule has 1 aliphatic heterocycles. The molecule has 2 fully saturated rings. The van der Waals surface area contributed by atoms with Crippen molar-refractivity contribution in [2.24, 2.45) is 11.8 Å². The van der Waals surface area contributed by atoms with Gasteiger partial charge in [-0.05, 0) is 49.9 Å². The van der Waals surface area contributed by atoms with Gasteiger partial charge in [0.25, 0.3) is 5.69 Å². The van der Waals surface area contributed by atoms with E-state index in [4.69, 9.17) is 0 Å². The zero-order valence-corrected chi connectivity index (χ0v) is 13.8. The number of sulfonamides is 1. The summed E-state index contributed by atoms with van der Waals surface area (Å²) >= 11 is 0. The van der Waals surface area contributed by atoms with Crippen LogP contribution in [-0.2, 0) is 10.0 Å². The van der Waals surface area contributed by atoms with E-state index in [9.17, 15) is 18.5 Å². The van der Waals surface area contributed by atoms with E-state index >= 15 is 0 Å². The molecule has 2 N–H and O–H groups in total. The van der Waals surface area contributed by atoms with Crippen molar-refractivity contribution in [1.82, 2.24) is 10.0 Å². The molecule has 1 aromatic rings. The lowest BCUT2D eigenvalue weighted by molar-refractivity contribution is -0.385. The molecular formula is C13H18ClN3O4S. The van der Waals surface area contributed by atoms with Crippen LogP contribution in [0.5, 0.6) is 0 Å². The molecule has 3 rings (SSSR count). The number of halogens is 1. The maximum absolute atomic E-state index is 12.5. The Labute approximate surface area is 135 Å². The Morgan fingerprint density at radius 3 is 2.41 bits per heavy atom. The van der Waals surface area contributed by atoms with Gasteiger partial charge >= 0.3 is 0 Å². The third-order valence-corrected chi connectivity index (χ3v) is 6.07. The average molecular weight is 348 g/mol. The lowest BCUT2D eigenvalue weighted by Crippen LogP contribution is -2.33. The highest BCUT2D eigenvalue weighted by Gasteiger charge is 2.54. The molecule has 1 aromatic carbocycles. The van der Waals surface area contributed by atoms with E-state index in [1.807, 2.05) is 0 Å². The van der Waals surface area contributed by atoms with Crippen LogP contribution in [-0.4, -0.2) is 32.5 Å². The van der Waals surface area contributed by atoms with E-state index in [1.165, 1.54) is 6.07 Å². The number of aryl methyl sites for hydroxylation is 1. The van der Waals surface area contributed by atoms with Gasteiger partial charge in [0.15, 0.2) is 0 Å². The molecule has 9 heteroatoms. The maximum Gasteiger partial charge on any atom is 0.271 e. The van der Waals surface area contributed by atoms with E-state index < -0.39 is 14.9 Å². The van der Waals surface area contributed by atoms with Crippen molar-refractivity contribution >= 4 is 28.1 Å². The molecule has 2 atom stereocenters. The second kappa shape index (κ2) is 5.77. The lowest BCUT2D eigenvalue weighted by Gasteiger charge is -2.12. The predicted octanol–water partition coefficient (Wildman–Crippen LogP) is 1.13. The van der Waals surface area contributed by atoms with Gasteiger partial charge in [0.2, 0.25) is 10.0 Å². The quantitative estimate of drug-likeness (QED) is 0.628. The highest BCUT2D eigenvalue weighted by Crippen LogP contribution is 2.42. The summed E-state index contributed by atoms with van der Waals surface area (Å²) in [5.41, 5.74) is 0.954. The molecule has 0 spiro atoms. The van der Waals surface area contributed by atoms with Crippen molar-refractivity contribution in [3.63, 3.8) is 0 Å². The second-order valence-electron chi connectivity index (χ2n) is 5.78. The number of nitro benzene ring substituents is 1.